The number of benzene rings is 1. The molecule has 4 heterocycles. The summed E-state index contributed by atoms with van der Waals surface area (Å²) in [5.41, 5.74) is 0.543. The molecule has 0 spiro atoms. The lowest BCUT2D eigenvalue weighted by atomic mass is 10.1. The third kappa shape index (κ3) is 3.56. The first kappa shape index (κ1) is 18.1. The van der Waals surface area contributed by atoms with Crippen molar-refractivity contribution in [3.63, 3.8) is 0 Å². The number of H-pyrrole nitrogens is 1. The predicted octanol–water partition coefficient (Wildman–Crippen LogP) is 1.49. The van der Waals surface area contributed by atoms with E-state index in [1.807, 2.05) is 24.3 Å². The number of hydrogen-bond acceptors (Lipinski definition) is 6. The highest BCUT2D eigenvalue weighted by Gasteiger charge is 2.37. The van der Waals surface area contributed by atoms with Gasteiger partial charge in [-0.15, -0.1) is 0 Å². The minimum atomic E-state index is -0.413. The first-order valence-electron chi connectivity index (χ1n) is 9.78. The summed E-state index contributed by atoms with van der Waals surface area (Å²) in [6.45, 7) is 3.77. The summed E-state index contributed by atoms with van der Waals surface area (Å²) in [6, 6.07) is 9.92. The molecule has 150 valence electrons. The van der Waals surface area contributed by atoms with Gasteiger partial charge in [0.1, 0.15) is 16.9 Å². The normalized spacial score (nSPS) is 22.6. The fourth-order valence-electron chi connectivity index (χ4n) is 4.30. The van der Waals surface area contributed by atoms with Crippen molar-refractivity contribution in [1.29, 1.82) is 0 Å². The summed E-state index contributed by atoms with van der Waals surface area (Å²) in [6.07, 6.45) is 2.63. The molecule has 1 aromatic carbocycles. The van der Waals surface area contributed by atoms with Gasteiger partial charge in [-0.25, -0.2) is 4.98 Å². The minimum Gasteiger partial charge on any atom is -0.460 e. The van der Waals surface area contributed by atoms with Crippen molar-refractivity contribution >= 4 is 16.9 Å². The van der Waals surface area contributed by atoms with Gasteiger partial charge in [0.2, 0.25) is 0 Å². The van der Waals surface area contributed by atoms with E-state index in [0.717, 1.165) is 23.3 Å². The van der Waals surface area contributed by atoms with Gasteiger partial charge in [-0.1, -0.05) is 18.2 Å². The Morgan fingerprint density at radius 1 is 1.21 bits per heavy atom. The lowest BCUT2D eigenvalue weighted by Gasteiger charge is -2.30. The van der Waals surface area contributed by atoms with Crippen molar-refractivity contribution in [3.05, 3.63) is 64.5 Å². The molecule has 0 aliphatic carbocycles. The number of carbonyl (C=O) groups is 1. The molecule has 5 rings (SSSR count). The quantitative estimate of drug-likeness (QED) is 0.724. The number of aromatic amines is 1. The van der Waals surface area contributed by atoms with Gasteiger partial charge in [-0.3, -0.25) is 14.5 Å². The molecule has 0 unspecified atom stereocenters. The molecule has 1 amide bonds. The molecular formula is C21H22N4O4. The Hall–Kier alpha value is -2.97. The lowest BCUT2D eigenvalue weighted by Crippen LogP contribution is -2.47. The van der Waals surface area contributed by atoms with Crippen LogP contribution in [0, 0.1) is 5.92 Å². The van der Waals surface area contributed by atoms with Gasteiger partial charge in [-0.2, -0.15) is 0 Å². The van der Waals surface area contributed by atoms with Crippen LogP contribution in [0.1, 0.15) is 16.1 Å². The number of rotatable bonds is 3. The van der Waals surface area contributed by atoms with Crippen molar-refractivity contribution in [2.45, 2.75) is 12.6 Å². The zero-order valence-electron chi connectivity index (χ0n) is 15.9. The Morgan fingerprint density at radius 2 is 2.10 bits per heavy atom. The maximum absolute atomic E-state index is 13.1. The first-order valence-corrected chi connectivity index (χ1v) is 9.78. The molecule has 0 saturated carbocycles. The van der Waals surface area contributed by atoms with Crippen molar-refractivity contribution in [3.8, 4) is 0 Å². The maximum Gasteiger partial charge on any atom is 0.263 e. The number of ether oxygens (including phenoxy) is 1. The molecule has 8 nitrogen and oxygen atoms in total. The van der Waals surface area contributed by atoms with E-state index >= 15 is 0 Å². The van der Waals surface area contributed by atoms with Crippen molar-refractivity contribution < 1.29 is 13.9 Å². The second kappa shape index (κ2) is 7.46. The second-order valence-electron chi connectivity index (χ2n) is 7.75. The number of nitrogens with one attached hydrogen (secondary N) is 1. The third-order valence-corrected chi connectivity index (χ3v) is 5.61. The van der Waals surface area contributed by atoms with Gasteiger partial charge in [-0.05, 0) is 12.1 Å². The van der Waals surface area contributed by atoms with Crippen molar-refractivity contribution in [2.24, 2.45) is 5.92 Å². The number of nitrogens with zero attached hydrogens (tertiary/aromatic N) is 3. The Morgan fingerprint density at radius 3 is 2.97 bits per heavy atom. The Bertz CT molecular complexity index is 1060. The molecule has 2 saturated heterocycles. The number of amides is 1. The fraction of sp³-hybridized carbons (Fsp3) is 0.381. The molecule has 3 aromatic rings. The predicted molar refractivity (Wildman–Crippen MR) is 105 cm³/mol. The van der Waals surface area contributed by atoms with E-state index in [0.29, 0.717) is 32.8 Å². The summed E-state index contributed by atoms with van der Waals surface area (Å²) >= 11 is 0. The zero-order valence-corrected chi connectivity index (χ0v) is 15.9. The highest BCUT2D eigenvalue weighted by Crippen LogP contribution is 2.25. The lowest BCUT2D eigenvalue weighted by molar-refractivity contribution is 0.0411. The monoisotopic (exact) mass is 394 g/mol. The molecule has 0 radical (unpaired) electrons. The Labute approximate surface area is 167 Å². The van der Waals surface area contributed by atoms with Gasteiger partial charge in [0.05, 0.1) is 32.1 Å². The van der Waals surface area contributed by atoms with Crippen LogP contribution < -0.4 is 5.56 Å². The smallest absolute Gasteiger partial charge is 0.263 e. The molecule has 8 heteroatoms. The fourth-order valence-corrected chi connectivity index (χ4v) is 4.30. The summed E-state index contributed by atoms with van der Waals surface area (Å²) in [4.78, 5) is 35.6. The standard InChI is InChI=1S/C21H22N4O4/c26-20-18(6-22-13-23-20)21(27)25-8-14-7-24(9-16(25)12-28-11-14)10-17-5-15-3-1-2-4-19(15)29-17/h1-6,13-14,16H,7-12H2,(H,22,23,26)/t14-,16-/m0/s1. The van der Waals surface area contributed by atoms with Crippen LogP contribution in [-0.2, 0) is 11.3 Å². The van der Waals surface area contributed by atoms with E-state index in [-0.39, 0.29) is 23.4 Å². The molecule has 1 N–H and O–H groups in total. The molecule has 2 aromatic heterocycles. The molecule has 2 atom stereocenters. The third-order valence-electron chi connectivity index (χ3n) is 5.61. The number of fused-ring (bicyclic) bond motifs is 4. The van der Waals surface area contributed by atoms with Crippen LogP contribution in [0.4, 0.5) is 0 Å². The average Bonchev–Trinajstić information content (AvgIpc) is 2.90. The van der Waals surface area contributed by atoms with Crippen LogP contribution >= 0.6 is 0 Å². The van der Waals surface area contributed by atoms with Gasteiger partial charge >= 0.3 is 0 Å². The molecule has 29 heavy (non-hydrogen) atoms. The van der Waals surface area contributed by atoms with E-state index in [9.17, 15) is 9.59 Å². The van der Waals surface area contributed by atoms with Crippen LogP contribution in [0.3, 0.4) is 0 Å². The van der Waals surface area contributed by atoms with E-state index < -0.39 is 5.56 Å². The van der Waals surface area contributed by atoms with Crippen molar-refractivity contribution in [2.75, 3.05) is 32.8 Å². The Balaban J connectivity index is 1.38. The summed E-state index contributed by atoms with van der Waals surface area (Å²) in [5.74, 6) is 0.797. The number of aromatic nitrogens is 2. The molecular weight excluding hydrogens is 372 g/mol. The van der Waals surface area contributed by atoms with Gasteiger partial charge < -0.3 is 19.0 Å². The molecule has 2 fully saturated rings. The van der Waals surface area contributed by atoms with E-state index in [2.05, 4.69) is 20.9 Å². The van der Waals surface area contributed by atoms with Crippen molar-refractivity contribution in [1.82, 2.24) is 19.8 Å². The van der Waals surface area contributed by atoms with Crippen LogP contribution in [-0.4, -0.2) is 64.6 Å². The van der Waals surface area contributed by atoms with E-state index in [1.54, 1.807) is 4.90 Å². The highest BCUT2D eigenvalue weighted by molar-refractivity contribution is 5.93. The van der Waals surface area contributed by atoms with Crippen LogP contribution in [0.5, 0.6) is 0 Å². The largest absolute Gasteiger partial charge is 0.460 e. The number of furan rings is 1. The van der Waals surface area contributed by atoms with Crippen LogP contribution in [0.25, 0.3) is 11.0 Å². The topological polar surface area (TPSA) is 91.7 Å². The minimum absolute atomic E-state index is 0.0730. The number of hydrogen-bond donors (Lipinski definition) is 1. The number of carbonyl (C=O) groups excluding carboxylic acids is 1. The van der Waals surface area contributed by atoms with Crippen LogP contribution in [0.15, 0.2) is 52.1 Å². The SMILES string of the molecule is O=C(c1cnc[nH]c1=O)N1C[C@H]2COC[C@@H]1CN(Cc1cc3ccccc3o1)C2. The maximum atomic E-state index is 13.1. The van der Waals surface area contributed by atoms with Gasteiger partial charge in [0.25, 0.3) is 11.5 Å². The molecule has 2 bridgehead atoms. The average molecular weight is 394 g/mol. The van der Waals surface area contributed by atoms with Crippen LogP contribution in [0.2, 0.25) is 0 Å². The first-order chi connectivity index (χ1) is 14.2. The van der Waals surface area contributed by atoms with Gasteiger partial charge in [0.15, 0.2) is 0 Å². The highest BCUT2D eigenvalue weighted by atomic mass is 16.5. The summed E-state index contributed by atoms with van der Waals surface area (Å²) in [5, 5.41) is 1.09. The van der Waals surface area contributed by atoms with Gasteiger partial charge in [0, 0.05) is 37.1 Å². The molecule has 2 aliphatic heterocycles. The van der Waals surface area contributed by atoms with E-state index in [1.165, 1.54) is 12.5 Å². The summed E-state index contributed by atoms with van der Waals surface area (Å²) in [7, 11) is 0. The Kier molecular flexibility index (Phi) is 4.65. The summed E-state index contributed by atoms with van der Waals surface area (Å²) < 4.78 is 11.8. The van der Waals surface area contributed by atoms with E-state index in [4.69, 9.17) is 9.15 Å². The second-order valence-corrected chi connectivity index (χ2v) is 7.75. The number of para-hydroxylation sites is 1. The molecule has 2 aliphatic rings. The zero-order chi connectivity index (χ0) is 19.8.